The van der Waals surface area contributed by atoms with Crippen LogP contribution in [0.1, 0.15) is 106 Å². The summed E-state index contributed by atoms with van der Waals surface area (Å²) in [6, 6.07) is 0. The number of allylic oxidation sites excluding steroid dienone is 2. The van der Waals surface area contributed by atoms with Crippen LogP contribution < -0.4 is 0 Å². The Morgan fingerprint density at radius 3 is 1.98 bits per heavy atom. The summed E-state index contributed by atoms with van der Waals surface area (Å²) in [5, 5.41) is 83.9. The number of carbonyl (C=O) groups is 2. The smallest absolute Gasteiger partial charge is 0.309 e. The van der Waals surface area contributed by atoms with Gasteiger partial charge in [-0.3, -0.25) is 9.59 Å². The lowest BCUT2D eigenvalue weighted by atomic mass is 9.33. The van der Waals surface area contributed by atoms with Gasteiger partial charge in [0.2, 0.25) is 0 Å². The third-order valence-electron chi connectivity index (χ3n) is 17.3. The fourth-order valence-corrected chi connectivity index (χ4v) is 13.4. The number of carboxylic acid groups (broad SMARTS) is 1. The number of carbonyl (C=O) groups excluding carboxylic acids is 1. The largest absolute Gasteiger partial charge is 0.481 e. The van der Waals surface area contributed by atoms with Gasteiger partial charge in [-0.05, 0) is 110 Å². The molecule has 56 heavy (non-hydrogen) atoms. The molecule has 0 radical (unpaired) electrons. The molecule has 2 saturated heterocycles. The van der Waals surface area contributed by atoms with Crippen LogP contribution in [0.4, 0.5) is 0 Å². The molecule has 0 spiro atoms. The Balaban J connectivity index is 1.13. The lowest BCUT2D eigenvalue weighted by molar-refractivity contribution is -0.369. The zero-order chi connectivity index (χ0) is 41.1. The Labute approximate surface area is 329 Å². The van der Waals surface area contributed by atoms with Crippen molar-refractivity contribution in [1.29, 1.82) is 0 Å². The molecular weight excluding hydrogens is 728 g/mol. The minimum Gasteiger partial charge on any atom is -0.481 e. The summed E-state index contributed by atoms with van der Waals surface area (Å²) >= 11 is 0. The van der Waals surface area contributed by atoms with Gasteiger partial charge in [0.1, 0.15) is 48.8 Å². The Morgan fingerprint density at radius 2 is 1.36 bits per heavy atom. The summed E-state index contributed by atoms with van der Waals surface area (Å²) in [6.07, 6.45) is -7.21. The summed E-state index contributed by atoms with van der Waals surface area (Å²) in [5.74, 6) is -0.828. The molecule has 4 saturated carbocycles. The Kier molecular flexibility index (Phi) is 10.9. The van der Waals surface area contributed by atoms with E-state index in [2.05, 4.69) is 41.5 Å². The first-order valence-corrected chi connectivity index (χ1v) is 20.8. The monoisotopic (exact) mass is 794 g/mol. The first kappa shape index (κ1) is 42.6. The van der Waals surface area contributed by atoms with Gasteiger partial charge in [0.05, 0.1) is 24.7 Å². The highest BCUT2D eigenvalue weighted by Gasteiger charge is 2.70. The Bertz CT molecular complexity index is 1570. The molecule has 7 rings (SSSR count). The second-order valence-electron chi connectivity index (χ2n) is 20.5. The first-order valence-electron chi connectivity index (χ1n) is 20.8. The molecule has 0 amide bonds. The lowest BCUT2D eigenvalue weighted by Crippen LogP contribution is -2.67. The van der Waals surface area contributed by atoms with Crippen LogP contribution in [0.25, 0.3) is 0 Å². The van der Waals surface area contributed by atoms with Crippen molar-refractivity contribution in [3.8, 4) is 0 Å². The van der Waals surface area contributed by atoms with Crippen molar-refractivity contribution in [2.24, 2.45) is 50.2 Å². The molecular formula is C42H66O14. The van der Waals surface area contributed by atoms with Crippen molar-refractivity contribution in [2.45, 2.75) is 174 Å². The van der Waals surface area contributed by atoms with Crippen LogP contribution in [0.2, 0.25) is 0 Å². The van der Waals surface area contributed by atoms with Gasteiger partial charge in [-0.25, -0.2) is 0 Å². The van der Waals surface area contributed by atoms with Gasteiger partial charge in [-0.2, -0.15) is 0 Å². The normalized spacial score (nSPS) is 54.2. The number of aliphatic hydroxyl groups excluding tert-OH is 7. The van der Waals surface area contributed by atoms with Crippen molar-refractivity contribution in [1.82, 2.24) is 0 Å². The number of ether oxygens (including phenoxy) is 4. The molecule has 5 aliphatic carbocycles. The predicted molar refractivity (Wildman–Crippen MR) is 198 cm³/mol. The van der Waals surface area contributed by atoms with Gasteiger partial charge in [0.25, 0.3) is 0 Å². The minimum absolute atomic E-state index is 0.0284. The highest BCUT2D eigenvalue weighted by molar-refractivity contribution is 5.95. The van der Waals surface area contributed by atoms with Gasteiger partial charge < -0.3 is 59.8 Å². The van der Waals surface area contributed by atoms with Crippen LogP contribution >= 0.6 is 0 Å². The second kappa shape index (κ2) is 14.3. The molecule has 7 aliphatic rings. The summed E-state index contributed by atoms with van der Waals surface area (Å²) in [7, 11) is 0. The maximum atomic E-state index is 14.8. The van der Waals surface area contributed by atoms with Crippen molar-refractivity contribution in [3.05, 3.63) is 11.6 Å². The highest BCUT2D eigenvalue weighted by Crippen LogP contribution is 2.75. The number of hydrogen-bond donors (Lipinski definition) is 8. The van der Waals surface area contributed by atoms with E-state index in [9.17, 15) is 50.4 Å². The number of fused-ring (bicyclic) bond motifs is 7. The zero-order valence-electron chi connectivity index (χ0n) is 34.0. The molecule has 0 aromatic heterocycles. The third-order valence-corrected chi connectivity index (χ3v) is 17.3. The summed E-state index contributed by atoms with van der Waals surface area (Å²) in [5.41, 5.74) is -1.25. The molecule has 318 valence electrons. The first-order chi connectivity index (χ1) is 26.0. The average molecular weight is 795 g/mol. The molecule has 14 nitrogen and oxygen atoms in total. The maximum Gasteiger partial charge on any atom is 0.309 e. The second-order valence-corrected chi connectivity index (χ2v) is 20.5. The molecule has 6 fully saturated rings. The van der Waals surface area contributed by atoms with Crippen LogP contribution in [-0.4, -0.2) is 133 Å². The van der Waals surface area contributed by atoms with Crippen LogP contribution in [0.15, 0.2) is 11.6 Å². The number of rotatable bonds is 7. The highest BCUT2D eigenvalue weighted by atomic mass is 16.7. The quantitative estimate of drug-likeness (QED) is 0.173. The van der Waals surface area contributed by atoms with E-state index in [1.807, 2.05) is 13.0 Å². The predicted octanol–water partition coefficient (Wildman–Crippen LogP) is 2.06. The number of aliphatic carboxylic acids is 1. The Hall–Kier alpha value is -1.56. The summed E-state index contributed by atoms with van der Waals surface area (Å²) in [4.78, 5) is 27.3. The van der Waals surface area contributed by atoms with E-state index in [-0.39, 0.29) is 39.8 Å². The Morgan fingerprint density at radius 1 is 0.750 bits per heavy atom. The summed E-state index contributed by atoms with van der Waals surface area (Å²) in [6.45, 7) is 14.0. The van der Waals surface area contributed by atoms with Crippen molar-refractivity contribution in [2.75, 3.05) is 13.2 Å². The van der Waals surface area contributed by atoms with Crippen molar-refractivity contribution < 1.29 is 69.4 Å². The van der Waals surface area contributed by atoms with Gasteiger partial charge in [0, 0.05) is 5.92 Å². The average Bonchev–Trinajstić information content (AvgIpc) is 3.13. The van der Waals surface area contributed by atoms with Crippen LogP contribution in [0.3, 0.4) is 0 Å². The number of carboxylic acids is 1. The van der Waals surface area contributed by atoms with Gasteiger partial charge >= 0.3 is 5.97 Å². The topological polar surface area (TPSA) is 233 Å². The van der Waals surface area contributed by atoms with Gasteiger partial charge in [-0.1, -0.05) is 47.1 Å². The van der Waals surface area contributed by atoms with Crippen molar-refractivity contribution >= 4 is 11.8 Å². The maximum absolute atomic E-state index is 14.8. The summed E-state index contributed by atoms with van der Waals surface area (Å²) < 4.78 is 23.9. The van der Waals surface area contributed by atoms with E-state index in [1.54, 1.807) is 0 Å². The molecule has 14 heteroatoms. The molecule has 2 aliphatic heterocycles. The molecule has 0 aromatic rings. The molecule has 0 aromatic carbocycles. The van der Waals surface area contributed by atoms with E-state index < -0.39 is 103 Å². The van der Waals surface area contributed by atoms with E-state index in [0.717, 1.165) is 37.7 Å². The van der Waals surface area contributed by atoms with Crippen molar-refractivity contribution in [3.63, 3.8) is 0 Å². The number of hydrogen-bond acceptors (Lipinski definition) is 13. The molecule has 8 N–H and O–H groups in total. The van der Waals surface area contributed by atoms with E-state index in [4.69, 9.17) is 18.9 Å². The van der Waals surface area contributed by atoms with Gasteiger partial charge in [-0.15, -0.1) is 0 Å². The number of aliphatic hydroxyl groups is 7. The number of ketones is 1. The fourth-order valence-electron chi connectivity index (χ4n) is 13.4. The zero-order valence-corrected chi connectivity index (χ0v) is 34.0. The molecule has 19 unspecified atom stereocenters. The fraction of sp³-hybridized carbons (Fsp3) is 0.905. The SMILES string of the molecule is CC1(C(=O)O)CCC2(C)CCC3(C)C(=CC(=O)C4C5(C)CCC(OC6OC(CO)C(O)C(OC7OC(CO)C(O)C(O)C7O)C6O)C(C)(C)C5CCC43C)C2C1. The lowest BCUT2D eigenvalue weighted by Gasteiger charge is -2.70. The van der Waals surface area contributed by atoms with Crippen LogP contribution in [-0.2, 0) is 28.5 Å². The van der Waals surface area contributed by atoms with Crippen LogP contribution in [0, 0.1) is 50.2 Å². The molecule has 19 atom stereocenters. The van der Waals surface area contributed by atoms with E-state index in [0.29, 0.717) is 25.7 Å². The van der Waals surface area contributed by atoms with E-state index >= 15 is 0 Å². The van der Waals surface area contributed by atoms with Gasteiger partial charge in [0.15, 0.2) is 18.4 Å². The van der Waals surface area contributed by atoms with E-state index in [1.165, 1.54) is 0 Å². The molecule has 0 bridgehead atoms. The third kappa shape index (κ3) is 6.13. The van der Waals surface area contributed by atoms with Crippen LogP contribution in [0.5, 0.6) is 0 Å². The molecule has 2 heterocycles. The minimum atomic E-state index is -1.78. The standard InChI is InChI=1S/C42H66O14/c1-37(2)25-8-11-42(7)33(22(45)16-20-21-17-39(4,36(51)52)13-12-38(21,3)14-15-41(20,42)6)40(25,5)10-9-26(37)55-35-31(50)32(28(47)24(19-44)54-35)56-34-30(49)29(48)27(46)23(18-43)53-34/h16,21,23-35,43-44,46-50H,8-15,17-19H2,1-7H3,(H,51,52).